The summed E-state index contributed by atoms with van der Waals surface area (Å²) in [6, 6.07) is 0. The van der Waals surface area contributed by atoms with Crippen molar-refractivity contribution >= 4 is 5.97 Å². The SMILES string of the molecule is CCCCCCCCCCCC[C@@H]1O[C@H]1CC[C@@H]1O[C@H]1CCCCCCCCCCCCCCC1=C[C@@H](C)OC1=O. The number of rotatable bonds is 29. The predicted octanol–water partition coefficient (Wildman–Crippen LogP) is 10.9. The van der Waals surface area contributed by atoms with E-state index in [9.17, 15) is 4.79 Å². The topological polar surface area (TPSA) is 51.4 Å². The minimum absolute atomic E-state index is 0.0214. The molecule has 3 heterocycles. The molecule has 0 amide bonds. The van der Waals surface area contributed by atoms with E-state index in [0.29, 0.717) is 24.4 Å². The van der Waals surface area contributed by atoms with E-state index in [0.717, 1.165) is 18.4 Å². The quantitative estimate of drug-likeness (QED) is 0.0506. The smallest absolute Gasteiger partial charge is 0.334 e. The van der Waals surface area contributed by atoms with E-state index in [2.05, 4.69) is 6.92 Å². The highest BCUT2D eigenvalue weighted by Crippen LogP contribution is 2.37. The van der Waals surface area contributed by atoms with Crippen molar-refractivity contribution in [3.05, 3.63) is 11.6 Å². The van der Waals surface area contributed by atoms with Gasteiger partial charge in [0.25, 0.3) is 0 Å². The first kappa shape index (κ1) is 34.6. The third-order valence-electron chi connectivity index (χ3n) is 9.63. The van der Waals surface area contributed by atoms with Gasteiger partial charge in [-0.05, 0) is 51.5 Å². The molecule has 0 aromatic carbocycles. The first-order valence-corrected chi connectivity index (χ1v) is 18.4. The minimum atomic E-state index is -0.0929. The molecule has 238 valence electrons. The third-order valence-corrected chi connectivity index (χ3v) is 9.63. The molecule has 0 N–H and O–H groups in total. The molecule has 0 bridgehead atoms. The molecular weight excluding hydrogens is 508 g/mol. The Bertz CT molecular complexity index is 703. The van der Waals surface area contributed by atoms with Crippen LogP contribution in [0.2, 0.25) is 0 Å². The van der Waals surface area contributed by atoms with Gasteiger partial charge < -0.3 is 14.2 Å². The Morgan fingerprint density at radius 2 is 0.878 bits per heavy atom. The number of ether oxygens (including phenoxy) is 3. The number of epoxide rings is 2. The lowest BCUT2D eigenvalue weighted by Crippen LogP contribution is -2.03. The van der Waals surface area contributed by atoms with Crippen LogP contribution in [0.1, 0.15) is 187 Å². The average molecular weight is 575 g/mol. The molecular formula is C37H66O4. The zero-order valence-corrected chi connectivity index (χ0v) is 27.2. The molecule has 0 saturated carbocycles. The van der Waals surface area contributed by atoms with Gasteiger partial charge >= 0.3 is 5.97 Å². The molecule has 0 spiro atoms. The van der Waals surface area contributed by atoms with Gasteiger partial charge in [0.2, 0.25) is 0 Å². The molecule has 4 heteroatoms. The minimum Gasteiger partial charge on any atom is -0.455 e. The number of cyclic esters (lactones) is 1. The zero-order valence-electron chi connectivity index (χ0n) is 27.2. The summed E-state index contributed by atoms with van der Waals surface area (Å²) in [6.45, 7) is 4.23. The lowest BCUT2D eigenvalue weighted by molar-refractivity contribution is -0.139. The molecule has 0 aliphatic carbocycles. The molecule has 0 radical (unpaired) electrons. The maximum atomic E-state index is 11.6. The van der Waals surface area contributed by atoms with Crippen LogP contribution in [0, 0.1) is 0 Å². The van der Waals surface area contributed by atoms with Gasteiger partial charge in [-0.1, -0.05) is 142 Å². The summed E-state index contributed by atoms with van der Waals surface area (Å²) in [7, 11) is 0. The Hall–Kier alpha value is -0.870. The second kappa shape index (κ2) is 21.8. The summed E-state index contributed by atoms with van der Waals surface area (Å²) < 4.78 is 17.1. The Labute approximate surface area is 254 Å². The van der Waals surface area contributed by atoms with E-state index in [4.69, 9.17) is 14.2 Å². The zero-order chi connectivity index (χ0) is 29.0. The van der Waals surface area contributed by atoms with E-state index in [1.54, 1.807) is 0 Å². The normalized spacial score (nSPS) is 25.0. The Morgan fingerprint density at radius 3 is 1.27 bits per heavy atom. The van der Waals surface area contributed by atoms with Gasteiger partial charge in [-0.25, -0.2) is 4.79 Å². The molecule has 3 rings (SSSR count). The van der Waals surface area contributed by atoms with Crippen LogP contribution in [0.15, 0.2) is 11.6 Å². The lowest BCUT2D eigenvalue weighted by atomic mass is 10.0. The molecule has 0 aromatic rings. The fourth-order valence-corrected chi connectivity index (χ4v) is 6.78. The average Bonchev–Trinajstić information content (AvgIpc) is 3.87. The summed E-state index contributed by atoms with van der Waals surface area (Å²) in [5.74, 6) is -0.0929. The number of carbonyl (C=O) groups is 1. The fraction of sp³-hybridized carbons (Fsp3) is 0.919. The lowest BCUT2D eigenvalue weighted by Gasteiger charge is -2.03. The van der Waals surface area contributed by atoms with Gasteiger partial charge in [0.05, 0.1) is 24.4 Å². The van der Waals surface area contributed by atoms with Gasteiger partial charge in [0.15, 0.2) is 0 Å². The Kier molecular flexibility index (Phi) is 18.4. The van der Waals surface area contributed by atoms with Gasteiger partial charge in [0, 0.05) is 5.57 Å². The summed E-state index contributed by atoms with van der Waals surface area (Å²) in [6.07, 6.45) is 40.3. The van der Waals surface area contributed by atoms with Crippen molar-refractivity contribution in [1.82, 2.24) is 0 Å². The van der Waals surface area contributed by atoms with Gasteiger partial charge in [0.1, 0.15) is 6.10 Å². The first-order chi connectivity index (χ1) is 20.2. The second-order valence-corrected chi connectivity index (χ2v) is 13.6. The van der Waals surface area contributed by atoms with Crippen LogP contribution in [0.5, 0.6) is 0 Å². The molecule has 41 heavy (non-hydrogen) atoms. The second-order valence-electron chi connectivity index (χ2n) is 13.6. The summed E-state index contributed by atoms with van der Waals surface area (Å²) in [4.78, 5) is 11.6. The molecule has 2 fully saturated rings. The summed E-state index contributed by atoms with van der Waals surface area (Å²) in [5.41, 5.74) is 0.897. The first-order valence-electron chi connectivity index (χ1n) is 18.4. The highest BCUT2D eigenvalue weighted by Gasteiger charge is 2.42. The van der Waals surface area contributed by atoms with E-state index in [-0.39, 0.29) is 12.1 Å². The van der Waals surface area contributed by atoms with Crippen molar-refractivity contribution in [2.75, 3.05) is 0 Å². The van der Waals surface area contributed by atoms with Crippen LogP contribution in [0.4, 0.5) is 0 Å². The molecule has 5 atom stereocenters. The molecule has 0 aromatic heterocycles. The summed E-state index contributed by atoms with van der Waals surface area (Å²) >= 11 is 0. The molecule has 0 unspecified atom stereocenters. The molecule has 2 saturated heterocycles. The van der Waals surface area contributed by atoms with Crippen molar-refractivity contribution in [2.45, 2.75) is 218 Å². The largest absolute Gasteiger partial charge is 0.455 e. The van der Waals surface area contributed by atoms with Gasteiger partial charge in [-0.15, -0.1) is 0 Å². The third kappa shape index (κ3) is 16.5. The van der Waals surface area contributed by atoms with Crippen LogP contribution in [-0.2, 0) is 19.0 Å². The predicted molar refractivity (Wildman–Crippen MR) is 171 cm³/mol. The molecule has 4 nitrogen and oxygen atoms in total. The van der Waals surface area contributed by atoms with Crippen LogP contribution in [-0.4, -0.2) is 36.5 Å². The molecule has 3 aliphatic heterocycles. The number of hydrogen-bond acceptors (Lipinski definition) is 4. The van der Waals surface area contributed by atoms with Crippen LogP contribution in [0.3, 0.4) is 0 Å². The number of hydrogen-bond donors (Lipinski definition) is 0. The van der Waals surface area contributed by atoms with Crippen molar-refractivity contribution < 1.29 is 19.0 Å². The van der Waals surface area contributed by atoms with Crippen molar-refractivity contribution in [3.63, 3.8) is 0 Å². The highest BCUT2D eigenvalue weighted by atomic mass is 16.6. The van der Waals surface area contributed by atoms with E-state index < -0.39 is 0 Å². The van der Waals surface area contributed by atoms with E-state index >= 15 is 0 Å². The van der Waals surface area contributed by atoms with Crippen LogP contribution in [0.25, 0.3) is 0 Å². The van der Waals surface area contributed by atoms with Crippen molar-refractivity contribution in [1.29, 1.82) is 0 Å². The number of esters is 1. The van der Waals surface area contributed by atoms with Gasteiger partial charge in [-0.3, -0.25) is 0 Å². The van der Waals surface area contributed by atoms with Crippen LogP contribution < -0.4 is 0 Å². The fourth-order valence-electron chi connectivity index (χ4n) is 6.78. The standard InChI is InChI=1S/C37H66O4/c1-3-4-5-6-7-8-14-17-20-23-26-33-35(40-33)28-29-36-34(41-36)27-24-21-18-15-12-10-9-11-13-16-19-22-25-32-30-31(2)39-37(32)38/h30-31,33-36H,3-29H2,1-2H3/t31-,33+,34+,35+,36+/m1/s1. The van der Waals surface area contributed by atoms with Gasteiger partial charge in [-0.2, -0.15) is 0 Å². The number of carbonyl (C=O) groups excluding carboxylic acids is 1. The Balaban J connectivity index is 0.973. The monoisotopic (exact) mass is 574 g/mol. The maximum absolute atomic E-state index is 11.6. The van der Waals surface area contributed by atoms with Crippen LogP contribution >= 0.6 is 0 Å². The maximum Gasteiger partial charge on any atom is 0.334 e. The van der Waals surface area contributed by atoms with E-state index in [1.807, 2.05) is 13.0 Å². The highest BCUT2D eigenvalue weighted by molar-refractivity contribution is 5.90. The molecule has 3 aliphatic rings. The van der Waals surface area contributed by atoms with E-state index in [1.165, 1.54) is 161 Å². The van der Waals surface area contributed by atoms with Crippen molar-refractivity contribution in [3.8, 4) is 0 Å². The van der Waals surface area contributed by atoms with Crippen molar-refractivity contribution in [2.24, 2.45) is 0 Å². The Morgan fingerprint density at radius 1 is 0.512 bits per heavy atom. The summed E-state index contributed by atoms with van der Waals surface area (Å²) in [5, 5.41) is 0. The number of unbranched alkanes of at least 4 members (excludes halogenated alkanes) is 20.